The van der Waals surface area contributed by atoms with Crippen LogP contribution in [0.1, 0.15) is 11.3 Å². The fourth-order valence-corrected chi connectivity index (χ4v) is 1.41. The number of hydrogen-bond acceptors (Lipinski definition) is 2. The summed E-state index contributed by atoms with van der Waals surface area (Å²) in [5, 5.41) is 0. The molecule has 0 N–H and O–H groups in total. The molecular formula is C9H11N2-. The van der Waals surface area contributed by atoms with Gasteiger partial charge in [-0.3, -0.25) is 12.0 Å². The normalized spacial score (nSPS) is 17.9. The number of aromatic nitrogens is 1. The van der Waals surface area contributed by atoms with Crippen LogP contribution in [-0.2, 0) is 13.0 Å². The molecule has 0 unspecified atom stereocenters. The van der Waals surface area contributed by atoms with Crippen molar-refractivity contribution in [2.24, 2.45) is 0 Å². The van der Waals surface area contributed by atoms with Gasteiger partial charge in [0.1, 0.15) is 0 Å². The van der Waals surface area contributed by atoms with Crippen LogP contribution >= 0.6 is 0 Å². The summed E-state index contributed by atoms with van der Waals surface area (Å²) in [5.41, 5.74) is 2.57. The van der Waals surface area contributed by atoms with E-state index in [1.807, 2.05) is 12.3 Å². The molecule has 0 atom stereocenters. The van der Waals surface area contributed by atoms with E-state index >= 15 is 0 Å². The topological polar surface area (TPSA) is 16.1 Å². The van der Waals surface area contributed by atoms with E-state index in [2.05, 4.69) is 23.0 Å². The minimum atomic E-state index is 0.899. The molecule has 1 aromatic heterocycles. The van der Waals surface area contributed by atoms with Crippen molar-refractivity contribution >= 4 is 0 Å². The number of nitrogens with zero attached hydrogens (tertiary/aromatic N) is 2. The van der Waals surface area contributed by atoms with Crippen LogP contribution in [0.2, 0.25) is 0 Å². The molecule has 0 fully saturated rings. The van der Waals surface area contributed by atoms with E-state index in [1.54, 1.807) is 0 Å². The lowest BCUT2D eigenvalue weighted by molar-refractivity contribution is 0.341. The summed E-state index contributed by atoms with van der Waals surface area (Å²) in [7, 11) is 3.89. The minimum Gasteiger partial charge on any atom is -0.454 e. The molecule has 2 rings (SSSR count). The Bertz CT molecular complexity index is 257. The summed E-state index contributed by atoms with van der Waals surface area (Å²) < 4.78 is 0. The number of fused-ring (bicyclic) bond motifs is 1. The van der Waals surface area contributed by atoms with Crippen LogP contribution in [0.4, 0.5) is 0 Å². The summed E-state index contributed by atoms with van der Waals surface area (Å²) in [6.45, 7) is 1.95. The molecule has 2 heterocycles. The summed E-state index contributed by atoms with van der Waals surface area (Å²) in [5.74, 6) is 0. The molecule has 0 bridgehead atoms. The van der Waals surface area contributed by atoms with Crippen LogP contribution in [0.25, 0.3) is 0 Å². The van der Waals surface area contributed by atoms with E-state index in [9.17, 15) is 0 Å². The maximum Gasteiger partial charge on any atom is 0.0551 e. The summed E-state index contributed by atoms with van der Waals surface area (Å²) in [6.07, 6.45) is 2.94. The standard InChI is InChI=1S/C9H11N2/c1-11-6-4-8-3-2-5-10-9(8)7-11/h2-3,5H,1,4,6-7H2/q-1. The highest BCUT2D eigenvalue weighted by Crippen LogP contribution is 2.14. The molecule has 2 nitrogen and oxygen atoms in total. The van der Waals surface area contributed by atoms with Crippen LogP contribution in [0.5, 0.6) is 0 Å². The molecule has 0 saturated heterocycles. The van der Waals surface area contributed by atoms with Crippen molar-refractivity contribution in [2.75, 3.05) is 6.54 Å². The zero-order valence-electron chi connectivity index (χ0n) is 6.45. The van der Waals surface area contributed by atoms with Crippen molar-refractivity contribution in [2.45, 2.75) is 13.0 Å². The van der Waals surface area contributed by atoms with Crippen LogP contribution in [0.15, 0.2) is 18.3 Å². The van der Waals surface area contributed by atoms with Gasteiger partial charge < -0.3 is 4.90 Å². The maximum absolute atomic E-state index is 4.29. The summed E-state index contributed by atoms with van der Waals surface area (Å²) in [6, 6.07) is 4.15. The Morgan fingerprint density at radius 2 is 2.45 bits per heavy atom. The molecule has 58 valence electrons. The lowest BCUT2D eigenvalue weighted by Crippen LogP contribution is -2.25. The van der Waals surface area contributed by atoms with Gasteiger partial charge in [0, 0.05) is 12.7 Å². The van der Waals surface area contributed by atoms with Crippen molar-refractivity contribution in [3.05, 3.63) is 36.6 Å². The maximum atomic E-state index is 4.29. The molecule has 1 aliphatic heterocycles. The molecule has 1 aliphatic rings. The van der Waals surface area contributed by atoms with Gasteiger partial charge >= 0.3 is 0 Å². The quantitative estimate of drug-likeness (QED) is 0.513. The highest BCUT2D eigenvalue weighted by Gasteiger charge is 2.08. The summed E-state index contributed by atoms with van der Waals surface area (Å²) >= 11 is 0. The van der Waals surface area contributed by atoms with Gasteiger partial charge in [0.25, 0.3) is 0 Å². The van der Waals surface area contributed by atoms with Gasteiger partial charge in [0.2, 0.25) is 0 Å². The first-order valence-corrected chi connectivity index (χ1v) is 3.84. The van der Waals surface area contributed by atoms with Crippen molar-refractivity contribution in [3.8, 4) is 0 Å². The molecule has 0 saturated carbocycles. The fraction of sp³-hybridized carbons (Fsp3) is 0.333. The minimum absolute atomic E-state index is 0.899. The fourth-order valence-electron chi connectivity index (χ4n) is 1.41. The van der Waals surface area contributed by atoms with E-state index in [0.29, 0.717) is 0 Å². The zero-order valence-corrected chi connectivity index (χ0v) is 6.45. The predicted molar refractivity (Wildman–Crippen MR) is 43.7 cm³/mol. The second-order valence-corrected chi connectivity index (χ2v) is 2.91. The molecule has 2 heteroatoms. The zero-order chi connectivity index (χ0) is 7.68. The Hall–Kier alpha value is -0.890. The van der Waals surface area contributed by atoms with E-state index in [4.69, 9.17) is 0 Å². The van der Waals surface area contributed by atoms with E-state index in [1.165, 1.54) is 11.3 Å². The third-order valence-corrected chi connectivity index (χ3v) is 2.06. The first-order valence-electron chi connectivity index (χ1n) is 3.84. The Balaban J connectivity index is 2.34. The van der Waals surface area contributed by atoms with Crippen molar-refractivity contribution in [1.29, 1.82) is 0 Å². The van der Waals surface area contributed by atoms with Crippen molar-refractivity contribution < 1.29 is 0 Å². The van der Waals surface area contributed by atoms with E-state index < -0.39 is 0 Å². The van der Waals surface area contributed by atoms with E-state index in [-0.39, 0.29) is 0 Å². The first kappa shape index (κ1) is 6.80. The van der Waals surface area contributed by atoms with Crippen LogP contribution in [0, 0.1) is 7.05 Å². The predicted octanol–water partition coefficient (Wildman–Crippen LogP) is 1.23. The average molecular weight is 147 g/mol. The molecule has 0 spiro atoms. The Morgan fingerprint density at radius 3 is 3.36 bits per heavy atom. The highest BCUT2D eigenvalue weighted by molar-refractivity contribution is 5.22. The van der Waals surface area contributed by atoms with Crippen LogP contribution in [-0.4, -0.2) is 16.4 Å². The molecule has 0 aliphatic carbocycles. The van der Waals surface area contributed by atoms with Gasteiger partial charge in [0.15, 0.2) is 0 Å². The summed E-state index contributed by atoms with van der Waals surface area (Å²) in [4.78, 5) is 6.34. The largest absolute Gasteiger partial charge is 0.454 e. The number of pyridine rings is 1. The molecule has 1 aromatic rings. The van der Waals surface area contributed by atoms with Crippen molar-refractivity contribution in [1.82, 2.24) is 9.88 Å². The van der Waals surface area contributed by atoms with Crippen LogP contribution < -0.4 is 0 Å². The molecule has 0 aromatic carbocycles. The third-order valence-electron chi connectivity index (χ3n) is 2.06. The Kier molecular flexibility index (Phi) is 1.62. The second kappa shape index (κ2) is 2.62. The second-order valence-electron chi connectivity index (χ2n) is 2.91. The smallest absolute Gasteiger partial charge is 0.0551 e. The van der Waals surface area contributed by atoms with Gasteiger partial charge in [-0.25, -0.2) is 0 Å². The average Bonchev–Trinajstić information content (AvgIpc) is 2.04. The monoisotopic (exact) mass is 147 g/mol. The van der Waals surface area contributed by atoms with Crippen LogP contribution in [0.3, 0.4) is 0 Å². The Morgan fingerprint density at radius 1 is 1.55 bits per heavy atom. The first-order chi connectivity index (χ1) is 5.36. The van der Waals surface area contributed by atoms with Gasteiger partial charge in [-0.15, -0.1) is 0 Å². The lowest BCUT2D eigenvalue weighted by atomic mass is 10.1. The van der Waals surface area contributed by atoms with Gasteiger partial charge in [0.05, 0.1) is 5.69 Å². The van der Waals surface area contributed by atoms with Gasteiger partial charge in [-0.05, 0) is 24.6 Å². The van der Waals surface area contributed by atoms with Gasteiger partial charge in [-0.2, -0.15) is 0 Å². The number of hydrogen-bond donors (Lipinski definition) is 0. The molecule has 11 heavy (non-hydrogen) atoms. The third kappa shape index (κ3) is 1.26. The van der Waals surface area contributed by atoms with Gasteiger partial charge in [-0.1, -0.05) is 6.07 Å². The Labute approximate surface area is 66.9 Å². The lowest BCUT2D eigenvalue weighted by Gasteiger charge is -2.30. The molecule has 0 amide bonds. The van der Waals surface area contributed by atoms with Crippen molar-refractivity contribution in [3.63, 3.8) is 0 Å². The number of rotatable bonds is 0. The molecular weight excluding hydrogens is 136 g/mol. The SMILES string of the molecule is [CH2-]N1CCc2cccnc2C1. The van der Waals surface area contributed by atoms with E-state index in [0.717, 1.165) is 19.5 Å². The highest BCUT2D eigenvalue weighted by atomic mass is 15.1. The molecule has 0 radical (unpaired) electrons.